The Labute approximate surface area is 152 Å². The molecule has 0 saturated carbocycles. The number of likely N-dealkylation sites (tertiary alicyclic amines) is 1. The molecule has 138 valence electrons. The van der Waals surface area contributed by atoms with Crippen molar-refractivity contribution in [2.75, 3.05) is 37.3 Å². The lowest BCUT2D eigenvalue weighted by atomic mass is 9.97. The fourth-order valence-corrected chi connectivity index (χ4v) is 2.95. The number of amides is 3. The van der Waals surface area contributed by atoms with Gasteiger partial charge in [-0.1, -0.05) is 6.07 Å². The summed E-state index contributed by atoms with van der Waals surface area (Å²) in [5.74, 6) is 0.425. The predicted molar refractivity (Wildman–Crippen MR) is 100 cm³/mol. The molecule has 0 atom stereocenters. The molecule has 3 amide bonds. The first kappa shape index (κ1) is 18.0. The van der Waals surface area contributed by atoms with E-state index in [1.54, 1.807) is 36.4 Å². The number of rotatable bonds is 5. The fourth-order valence-electron chi connectivity index (χ4n) is 2.95. The van der Waals surface area contributed by atoms with Gasteiger partial charge in [-0.25, -0.2) is 4.79 Å². The molecule has 1 aliphatic heterocycles. The number of hydrogen-bond acceptors (Lipinski definition) is 4. The Bertz CT molecular complexity index is 737. The molecule has 1 aliphatic rings. The van der Waals surface area contributed by atoms with Gasteiger partial charge in [-0.15, -0.1) is 0 Å². The minimum absolute atomic E-state index is 0.235. The van der Waals surface area contributed by atoms with Gasteiger partial charge in [-0.3, -0.25) is 4.79 Å². The van der Waals surface area contributed by atoms with Gasteiger partial charge in [0.05, 0.1) is 6.26 Å². The molecule has 2 heterocycles. The summed E-state index contributed by atoms with van der Waals surface area (Å²) < 4.78 is 5.06. The van der Waals surface area contributed by atoms with E-state index in [4.69, 9.17) is 4.42 Å². The summed E-state index contributed by atoms with van der Waals surface area (Å²) in [6.07, 6.45) is 3.65. The molecule has 0 radical (unpaired) electrons. The number of benzene rings is 1. The van der Waals surface area contributed by atoms with Crippen LogP contribution in [-0.4, -0.2) is 43.5 Å². The van der Waals surface area contributed by atoms with Gasteiger partial charge in [-0.05, 0) is 69.2 Å². The zero-order chi connectivity index (χ0) is 18.4. The molecule has 3 rings (SSSR count). The summed E-state index contributed by atoms with van der Waals surface area (Å²) in [4.78, 5) is 26.4. The highest BCUT2D eigenvalue weighted by Gasteiger charge is 2.17. The molecular formula is C19H24N4O3. The largest absolute Gasteiger partial charge is 0.459 e. The number of furan rings is 1. The van der Waals surface area contributed by atoms with Gasteiger partial charge in [0.1, 0.15) is 0 Å². The number of nitrogens with zero attached hydrogens (tertiary/aromatic N) is 1. The molecular weight excluding hydrogens is 332 g/mol. The lowest BCUT2D eigenvalue weighted by Gasteiger charge is -2.28. The van der Waals surface area contributed by atoms with Gasteiger partial charge in [0.15, 0.2) is 5.76 Å². The molecule has 1 aromatic carbocycles. The summed E-state index contributed by atoms with van der Waals surface area (Å²) in [7, 11) is 2.12. The zero-order valence-corrected chi connectivity index (χ0v) is 14.8. The summed E-state index contributed by atoms with van der Waals surface area (Å²) in [5, 5.41) is 8.47. The number of nitrogens with one attached hydrogen (secondary N) is 3. The number of carbonyl (C=O) groups excluding carboxylic acids is 2. The SMILES string of the molecule is CN1CCC(CNC(=O)Nc2cccc(NC(=O)c3ccco3)c2)CC1. The number of anilines is 2. The van der Waals surface area contributed by atoms with Crippen molar-refractivity contribution >= 4 is 23.3 Å². The summed E-state index contributed by atoms with van der Waals surface area (Å²) in [6.45, 7) is 2.82. The first-order valence-electron chi connectivity index (χ1n) is 8.78. The van der Waals surface area contributed by atoms with Crippen molar-refractivity contribution in [3.8, 4) is 0 Å². The van der Waals surface area contributed by atoms with E-state index in [0.717, 1.165) is 25.9 Å². The fraction of sp³-hybridized carbons (Fsp3) is 0.368. The van der Waals surface area contributed by atoms with Crippen LogP contribution >= 0.6 is 0 Å². The van der Waals surface area contributed by atoms with E-state index in [1.807, 2.05) is 0 Å². The Morgan fingerprint density at radius 2 is 1.85 bits per heavy atom. The molecule has 1 aromatic heterocycles. The molecule has 0 spiro atoms. The highest BCUT2D eigenvalue weighted by Crippen LogP contribution is 2.17. The van der Waals surface area contributed by atoms with Crippen molar-refractivity contribution in [3.05, 3.63) is 48.4 Å². The van der Waals surface area contributed by atoms with Gasteiger partial charge in [-0.2, -0.15) is 0 Å². The van der Waals surface area contributed by atoms with Gasteiger partial charge in [0.25, 0.3) is 5.91 Å². The molecule has 3 N–H and O–H groups in total. The Kier molecular flexibility index (Phi) is 5.91. The van der Waals surface area contributed by atoms with Gasteiger partial charge in [0.2, 0.25) is 0 Å². The lowest BCUT2D eigenvalue weighted by Crippen LogP contribution is -2.38. The van der Waals surface area contributed by atoms with Gasteiger partial charge < -0.3 is 25.3 Å². The molecule has 0 unspecified atom stereocenters. The van der Waals surface area contributed by atoms with E-state index in [1.165, 1.54) is 6.26 Å². The monoisotopic (exact) mass is 356 g/mol. The number of carbonyl (C=O) groups is 2. The van der Waals surface area contributed by atoms with E-state index in [9.17, 15) is 9.59 Å². The second-order valence-electron chi connectivity index (χ2n) is 6.59. The van der Waals surface area contributed by atoms with E-state index in [2.05, 4.69) is 27.9 Å². The van der Waals surface area contributed by atoms with Crippen LogP contribution in [-0.2, 0) is 0 Å². The first-order chi connectivity index (χ1) is 12.6. The van der Waals surface area contributed by atoms with Crippen LogP contribution in [0.1, 0.15) is 23.4 Å². The van der Waals surface area contributed by atoms with Crippen LogP contribution < -0.4 is 16.0 Å². The Hall–Kier alpha value is -2.80. The van der Waals surface area contributed by atoms with Gasteiger partial charge in [0, 0.05) is 17.9 Å². The third-order valence-electron chi connectivity index (χ3n) is 4.51. The summed E-state index contributed by atoms with van der Waals surface area (Å²) in [5.41, 5.74) is 1.20. The number of urea groups is 1. The normalized spacial score (nSPS) is 15.4. The van der Waals surface area contributed by atoms with Crippen LogP contribution in [0.25, 0.3) is 0 Å². The minimum Gasteiger partial charge on any atom is -0.459 e. The number of hydrogen-bond donors (Lipinski definition) is 3. The van der Waals surface area contributed by atoms with Crippen molar-refractivity contribution in [3.63, 3.8) is 0 Å². The smallest absolute Gasteiger partial charge is 0.319 e. The van der Waals surface area contributed by atoms with Crippen LogP contribution in [0, 0.1) is 5.92 Å². The molecule has 0 aliphatic carbocycles. The maximum absolute atomic E-state index is 12.1. The third kappa shape index (κ3) is 5.10. The highest BCUT2D eigenvalue weighted by molar-refractivity contribution is 6.02. The zero-order valence-electron chi connectivity index (χ0n) is 14.8. The Balaban J connectivity index is 1.48. The van der Waals surface area contributed by atoms with Crippen molar-refractivity contribution in [2.45, 2.75) is 12.8 Å². The second-order valence-corrected chi connectivity index (χ2v) is 6.59. The minimum atomic E-state index is -0.334. The molecule has 2 aromatic rings. The molecule has 0 bridgehead atoms. The lowest BCUT2D eigenvalue weighted by molar-refractivity contribution is 0.0996. The maximum Gasteiger partial charge on any atom is 0.319 e. The van der Waals surface area contributed by atoms with E-state index < -0.39 is 0 Å². The molecule has 1 saturated heterocycles. The average Bonchev–Trinajstić information content (AvgIpc) is 3.16. The Morgan fingerprint density at radius 3 is 2.54 bits per heavy atom. The average molecular weight is 356 g/mol. The second kappa shape index (κ2) is 8.53. The standard InChI is InChI=1S/C19H24N4O3/c1-23-9-7-14(8-10-23)13-20-19(25)22-16-5-2-4-15(12-16)21-18(24)17-6-3-11-26-17/h2-6,11-12,14H,7-10,13H2,1H3,(H,21,24)(H2,20,22,25). The van der Waals surface area contributed by atoms with Crippen LogP contribution in [0.5, 0.6) is 0 Å². The van der Waals surface area contributed by atoms with Crippen molar-refractivity contribution in [1.29, 1.82) is 0 Å². The third-order valence-corrected chi connectivity index (χ3v) is 4.51. The molecule has 7 nitrogen and oxygen atoms in total. The van der Waals surface area contributed by atoms with Crippen LogP contribution in [0.4, 0.5) is 16.2 Å². The van der Waals surface area contributed by atoms with Crippen molar-refractivity contribution in [2.24, 2.45) is 5.92 Å². The quantitative estimate of drug-likeness (QED) is 0.769. The molecule has 7 heteroatoms. The summed E-state index contributed by atoms with van der Waals surface area (Å²) in [6, 6.07) is 10.0. The first-order valence-corrected chi connectivity index (χ1v) is 8.78. The van der Waals surface area contributed by atoms with E-state index in [-0.39, 0.29) is 17.7 Å². The van der Waals surface area contributed by atoms with Gasteiger partial charge >= 0.3 is 6.03 Å². The predicted octanol–water partition coefficient (Wildman–Crippen LogP) is 3.00. The van der Waals surface area contributed by atoms with Crippen LogP contribution in [0.15, 0.2) is 47.1 Å². The maximum atomic E-state index is 12.1. The van der Waals surface area contributed by atoms with E-state index in [0.29, 0.717) is 23.8 Å². The van der Waals surface area contributed by atoms with Crippen molar-refractivity contribution in [1.82, 2.24) is 10.2 Å². The molecule has 26 heavy (non-hydrogen) atoms. The number of piperidine rings is 1. The van der Waals surface area contributed by atoms with Crippen LogP contribution in [0.3, 0.4) is 0 Å². The van der Waals surface area contributed by atoms with Crippen molar-refractivity contribution < 1.29 is 14.0 Å². The summed E-state index contributed by atoms with van der Waals surface area (Å²) >= 11 is 0. The highest BCUT2D eigenvalue weighted by atomic mass is 16.3. The topological polar surface area (TPSA) is 86.6 Å². The Morgan fingerprint density at radius 1 is 1.12 bits per heavy atom. The molecule has 1 fully saturated rings. The van der Waals surface area contributed by atoms with E-state index >= 15 is 0 Å². The van der Waals surface area contributed by atoms with Crippen LogP contribution in [0.2, 0.25) is 0 Å².